The first-order valence-corrected chi connectivity index (χ1v) is 7.36. The topological polar surface area (TPSA) is 61.3 Å². The van der Waals surface area contributed by atoms with Crippen LogP contribution in [0.5, 0.6) is 5.75 Å². The van der Waals surface area contributed by atoms with Crippen molar-refractivity contribution in [3.63, 3.8) is 0 Å². The quantitative estimate of drug-likeness (QED) is 0.641. The zero-order valence-electron chi connectivity index (χ0n) is 10.5. The minimum Gasteiger partial charge on any atom is -0.495 e. The molecule has 0 bridgehead atoms. The van der Waals surface area contributed by atoms with Crippen molar-refractivity contribution in [2.24, 2.45) is 0 Å². The summed E-state index contributed by atoms with van der Waals surface area (Å²) < 4.78 is 12.9. The van der Waals surface area contributed by atoms with Gasteiger partial charge in [0.2, 0.25) is 5.89 Å². The lowest BCUT2D eigenvalue weighted by atomic mass is 10.2. The summed E-state index contributed by atoms with van der Waals surface area (Å²) in [4.78, 5) is 4.47. The number of benzene rings is 2. The lowest BCUT2D eigenvalue weighted by Gasteiger charge is -2.08. The van der Waals surface area contributed by atoms with Crippen LogP contribution in [0.4, 0.5) is 5.69 Å². The Balaban J connectivity index is 2.24. The number of halogens is 2. The lowest BCUT2D eigenvalue weighted by Crippen LogP contribution is -1.90. The van der Waals surface area contributed by atoms with Crippen molar-refractivity contribution in [1.29, 1.82) is 0 Å². The molecule has 0 radical (unpaired) electrons. The summed E-state index contributed by atoms with van der Waals surface area (Å²) in [5, 5.41) is 0. The van der Waals surface area contributed by atoms with E-state index in [0.717, 1.165) is 20.0 Å². The number of fused-ring (bicyclic) bond motifs is 1. The number of hydrogen-bond acceptors (Lipinski definition) is 4. The van der Waals surface area contributed by atoms with Gasteiger partial charge in [-0.1, -0.05) is 15.9 Å². The second-order valence-electron chi connectivity index (χ2n) is 4.21. The van der Waals surface area contributed by atoms with E-state index in [2.05, 4.69) is 36.8 Å². The zero-order valence-corrected chi connectivity index (χ0v) is 13.7. The molecule has 0 atom stereocenters. The molecular weight excluding hydrogens is 388 g/mol. The molecule has 0 fully saturated rings. The Hall–Kier alpha value is -1.53. The maximum atomic E-state index is 5.77. The van der Waals surface area contributed by atoms with Gasteiger partial charge < -0.3 is 14.9 Å². The number of nitrogens with zero attached hydrogens (tertiary/aromatic N) is 1. The maximum absolute atomic E-state index is 5.77. The number of aromatic nitrogens is 1. The number of ether oxygens (including phenoxy) is 1. The van der Waals surface area contributed by atoms with Gasteiger partial charge in [0, 0.05) is 16.2 Å². The zero-order chi connectivity index (χ0) is 14.3. The number of oxazole rings is 1. The Bertz CT molecular complexity index is 799. The first kappa shape index (κ1) is 13.5. The van der Waals surface area contributed by atoms with Gasteiger partial charge >= 0.3 is 0 Å². The van der Waals surface area contributed by atoms with Crippen LogP contribution in [0.2, 0.25) is 0 Å². The molecule has 4 nitrogen and oxygen atoms in total. The van der Waals surface area contributed by atoms with E-state index >= 15 is 0 Å². The first-order valence-electron chi connectivity index (χ1n) is 5.78. The molecule has 20 heavy (non-hydrogen) atoms. The summed E-state index contributed by atoms with van der Waals surface area (Å²) in [6.07, 6.45) is 0. The predicted molar refractivity (Wildman–Crippen MR) is 85.8 cm³/mol. The highest BCUT2D eigenvalue weighted by molar-refractivity contribution is 9.11. The van der Waals surface area contributed by atoms with Gasteiger partial charge in [0.15, 0.2) is 5.58 Å². The van der Waals surface area contributed by atoms with E-state index in [1.54, 1.807) is 19.2 Å². The molecule has 2 aromatic carbocycles. The Morgan fingerprint density at radius 1 is 1.20 bits per heavy atom. The molecule has 0 aliphatic rings. The molecule has 0 amide bonds. The Labute approximate surface area is 132 Å². The first-order chi connectivity index (χ1) is 9.58. The highest BCUT2D eigenvalue weighted by atomic mass is 79.9. The van der Waals surface area contributed by atoms with Crippen LogP contribution < -0.4 is 10.5 Å². The number of nitrogens with two attached hydrogens (primary N) is 1. The average molecular weight is 398 g/mol. The van der Waals surface area contributed by atoms with Crippen LogP contribution in [0.15, 0.2) is 43.7 Å². The van der Waals surface area contributed by atoms with Crippen molar-refractivity contribution in [2.75, 3.05) is 12.8 Å². The van der Waals surface area contributed by atoms with Crippen LogP contribution in [-0.4, -0.2) is 12.1 Å². The molecule has 1 heterocycles. The minimum absolute atomic E-state index is 0.490. The van der Waals surface area contributed by atoms with Gasteiger partial charge in [-0.25, -0.2) is 4.98 Å². The highest BCUT2D eigenvalue weighted by Gasteiger charge is 2.16. The maximum Gasteiger partial charge on any atom is 0.231 e. The fourth-order valence-corrected chi connectivity index (χ4v) is 3.37. The summed E-state index contributed by atoms with van der Waals surface area (Å²) in [5.41, 5.74) is 8.56. The van der Waals surface area contributed by atoms with Crippen LogP contribution in [0.1, 0.15) is 0 Å². The van der Waals surface area contributed by atoms with E-state index in [9.17, 15) is 0 Å². The smallest absolute Gasteiger partial charge is 0.231 e. The SMILES string of the molecule is COc1c(Br)cc(Br)cc1-c1nc2ccc(N)cc2o1. The fourth-order valence-electron chi connectivity index (χ4n) is 1.98. The summed E-state index contributed by atoms with van der Waals surface area (Å²) in [5.74, 6) is 1.16. The third-order valence-electron chi connectivity index (χ3n) is 2.86. The number of rotatable bonds is 2. The van der Waals surface area contributed by atoms with E-state index in [-0.39, 0.29) is 0 Å². The normalized spacial score (nSPS) is 10.9. The van der Waals surface area contributed by atoms with Crippen LogP contribution in [-0.2, 0) is 0 Å². The van der Waals surface area contributed by atoms with E-state index in [1.807, 2.05) is 18.2 Å². The Morgan fingerprint density at radius 3 is 2.75 bits per heavy atom. The third-order valence-corrected chi connectivity index (χ3v) is 3.90. The summed E-state index contributed by atoms with van der Waals surface area (Å²) >= 11 is 6.92. The number of methoxy groups -OCH3 is 1. The molecule has 3 rings (SSSR count). The molecular formula is C14H10Br2N2O2. The van der Waals surface area contributed by atoms with E-state index in [1.165, 1.54) is 0 Å². The standard InChI is InChI=1S/C14H10Br2N2O2/c1-19-13-9(4-7(15)5-10(13)16)14-18-11-3-2-8(17)6-12(11)20-14/h2-6H,17H2,1H3. The monoisotopic (exact) mass is 396 g/mol. The lowest BCUT2D eigenvalue weighted by molar-refractivity contribution is 0.412. The predicted octanol–water partition coefficient (Wildman–Crippen LogP) is 4.61. The van der Waals surface area contributed by atoms with Gasteiger partial charge in [0.1, 0.15) is 11.3 Å². The molecule has 0 aliphatic carbocycles. The van der Waals surface area contributed by atoms with Crippen molar-refractivity contribution in [2.45, 2.75) is 0 Å². The second-order valence-corrected chi connectivity index (χ2v) is 5.98. The summed E-state index contributed by atoms with van der Waals surface area (Å²) in [6.45, 7) is 0. The van der Waals surface area contributed by atoms with Gasteiger partial charge in [-0.2, -0.15) is 0 Å². The van der Waals surface area contributed by atoms with Gasteiger partial charge in [-0.15, -0.1) is 0 Å². The molecule has 1 aromatic heterocycles. The molecule has 0 spiro atoms. The highest BCUT2D eigenvalue weighted by Crippen LogP contribution is 2.39. The number of nitrogen functional groups attached to an aromatic ring is 1. The van der Waals surface area contributed by atoms with Gasteiger partial charge in [0.05, 0.1) is 17.1 Å². The molecule has 0 unspecified atom stereocenters. The molecule has 3 aromatic rings. The largest absolute Gasteiger partial charge is 0.495 e. The van der Waals surface area contributed by atoms with Crippen molar-refractivity contribution >= 4 is 48.6 Å². The molecule has 0 saturated carbocycles. The summed E-state index contributed by atoms with van der Waals surface area (Å²) in [6, 6.07) is 9.19. The van der Waals surface area contributed by atoms with Crippen molar-refractivity contribution < 1.29 is 9.15 Å². The van der Waals surface area contributed by atoms with E-state index in [0.29, 0.717) is 22.9 Å². The molecule has 0 aliphatic heterocycles. The van der Waals surface area contributed by atoms with Crippen molar-refractivity contribution in [3.8, 4) is 17.2 Å². The average Bonchev–Trinajstić information content (AvgIpc) is 2.80. The Morgan fingerprint density at radius 2 is 2.00 bits per heavy atom. The minimum atomic E-state index is 0.490. The molecule has 6 heteroatoms. The van der Waals surface area contributed by atoms with Gasteiger partial charge in [-0.05, 0) is 40.2 Å². The molecule has 0 saturated heterocycles. The van der Waals surface area contributed by atoms with Crippen LogP contribution in [0.25, 0.3) is 22.6 Å². The summed E-state index contributed by atoms with van der Waals surface area (Å²) in [7, 11) is 1.61. The van der Waals surface area contributed by atoms with Crippen molar-refractivity contribution in [1.82, 2.24) is 4.98 Å². The van der Waals surface area contributed by atoms with Crippen LogP contribution >= 0.6 is 31.9 Å². The second kappa shape index (κ2) is 5.10. The van der Waals surface area contributed by atoms with Crippen molar-refractivity contribution in [3.05, 3.63) is 39.3 Å². The Kier molecular flexibility index (Phi) is 3.43. The molecule has 2 N–H and O–H groups in total. The van der Waals surface area contributed by atoms with Crippen LogP contribution in [0, 0.1) is 0 Å². The molecule has 102 valence electrons. The van der Waals surface area contributed by atoms with E-state index < -0.39 is 0 Å². The number of hydrogen-bond donors (Lipinski definition) is 1. The van der Waals surface area contributed by atoms with Gasteiger partial charge in [0.25, 0.3) is 0 Å². The van der Waals surface area contributed by atoms with Gasteiger partial charge in [-0.3, -0.25) is 0 Å². The fraction of sp³-hybridized carbons (Fsp3) is 0.0714. The third kappa shape index (κ3) is 2.29. The van der Waals surface area contributed by atoms with E-state index in [4.69, 9.17) is 14.9 Å². The number of anilines is 1. The van der Waals surface area contributed by atoms with Crippen LogP contribution in [0.3, 0.4) is 0 Å².